The first-order valence-electron chi connectivity index (χ1n) is 10.3. The van der Waals surface area contributed by atoms with Crippen molar-refractivity contribution in [3.05, 3.63) is 75.0 Å². The zero-order valence-electron chi connectivity index (χ0n) is 18.5. The van der Waals surface area contributed by atoms with Crippen molar-refractivity contribution >= 4 is 38.6 Å². The molecule has 0 saturated heterocycles. The summed E-state index contributed by atoms with van der Waals surface area (Å²) in [5.74, 6) is -0.766. The monoisotopic (exact) mass is 462 g/mol. The van der Waals surface area contributed by atoms with Gasteiger partial charge in [0, 0.05) is 31.1 Å². The highest BCUT2D eigenvalue weighted by molar-refractivity contribution is 7.23. The number of hydrogen-bond acceptors (Lipinski definition) is 7. The number of methoxy groups -OCH3 is 1. The number of rotatable bonds is 7. The van der Waals surface area contributed by atoms with Crippen LogP contribution in [-0.4, -0.2) is 33.6 Å². The van der Waals surface area contributed by atoms with Crippen molar-refractivity contribution in [1.29, 1.82) is 5.26 Å². The first kappa shape index (κ1) is 22.5. The van der Waals surface area contributed by atoms with Crippen LogP contribution >= 0.6 is 11.3 Å². The summed E-state index contributed by atoms with van der Waals surface area (Å²) in [5, 5.41) is 9.52. The minimum atomic E-state index is -0.766. The van der Waals surface area contributed by atoms with E-state index in [1.165, 1.54) is 27.9 Å². The van der Waals surface area contributed by atoms with Crippen molar-refractivity contribution in [1.82, 2.24) is 14.0 Å². The number of carbonyl (C=O) groups is 1. The molecular formula is C24H22N4O4S. The Balaban J connectivity index is 1.54. The lowest BCUT2D eigenvalue weighted by atomic mass is 10.1. The second-order valence-corrected chi connectivity index (χ2v) is 8.50. The molecule has 0 aliphatic heterocycles. The van der Waals surface area contributed by atoms with E-state index >= 15 is 0 Å². The van der Waals surface area contributed by atoms with Crippen LogP contribution in [0.5, 0.6) is 0 Å². The first-order valence-corrected chi connectivity index (χ1v) is 11.1. The highest BCUT2D eigenvalue weighted by Crippen LogP contribution is 2.23. The van der Waals surface area contributed by atoms with E-state index in [1.807, 2.05) is 50.2 Å². The Labute approximate surface area is 193 Å². The number of ether oxygens (including phenoxy) is 2. The molecular weight excluding hydrogens is 440 g/mol. The van der Waals surface area contributed by atoms with E-state index in [1.54, 1.807) is 7.11 Å². The van der Waals surface area contributed by atoms with Gasteiger partial charge >= 0.3 is 5.97 Å². The van der Waals surface area contributed by atoms with Crippen LogP contribution < -0.4 is 5.56 Å². The molecule has 3 aromatic heterocycles. The number of thiazole rings is 1. The maximum absolute atomic E-state index is 12.6. The summed E-state index contributed by atoms with van der Waals surface area (Å²) in [4.78, 5) is 30.2. The van der Waals surface area contributed by atoms with Gasteiger partial charge in [-0.25, -0.2) is 9.78 Å². The molecule has 4 rings (SSSR count). The van der Waals surface area contributed by atoms with Crippen molar-refractivity contribution in [3.63, 3.8) is 0 Å². The maximum atomic E-state index is 12.6. The number of benzene rings is 1. The molecule has 0 N–H and O–H groups in total. The van der Waals surface area contributed by atoms with Crippen molar-refractivity contribution in [3.8, 4) is 6.07 Å². The Morgan fingerprint density at radius 3 is 2.82 bits per heavy atom. The molecule has 0 aliphatic carbocycles. The number of hydrogen-bond donors (Lipinski definition) is 0. The van der Waals surface area contributed by atoms with E-state index < -0.39 is 5.97 Å². The fraction of sp³-hybridized carbons (Fsp3) is 0.250. The zero-order valence-corrected chi connectivity index (χ0v) is 19.3. The van der Waals surface area contributed by atoms with Crippen LogP contribution in [-0.2, 0) is 27.4 Å². The molecule has 0 amide bonds. The van der Waals surface area contributed by atoms with Crippen LogP contribution in [0.15, 0.2) is 46.8 Å². The standard InChI is InChI=1S/C24H22N4O4S/c1-15-10-17(16(2)27(15)8-9-31-3)11-18(13-25)23(30)32-14-19-12-22(29)28-20-6-4-5-7-21(20)33-24(28)26-19/h4-7,10-12H,8-9,14H2,1-3H3/b18-11+. The second-order valence-electron chi connectivity index (χ2n) is 7.49. The molecule has 8 nitrogen and oxygen atoms in total. The van der Waals surface area contributed by atoms with Gasteiger partial charge in [-0.3, -0.25) is 9.20 Å². The number of carbonyl (C=O) groups excluding carboxylic acids is 1. The molecule has 1 aromatic carbocycles. The van der Waals surface area contributed by atoms with E-state index in [4.69, 9.17) is 9.47 Å². The lowest BCUT2D eigenvalue weighted by molar-refractivity contribution is -0.139. The topological polar surface area (TPSA) is 98.6 Å². The molecule has 0 aliphatic rings. The van der Waals surface area contributed by atoms with Gasteiger partial charge in [-0.1, -0.05) is 23.5 Å². The normalized spacial score (nSPS) is 11.8. The smallest absolute Gasteiger partial charge is 0.349 e. The molecule has 3 heterocycles. The molecule has 0 fully saturated rings. The predicted octanol–water partition coefficient (Wildman–Crippen LogP) is 3.62. The number of nitriles is 1. The molecule has 168 valence electrons. The molecule has 0 atom stereocenters. The molecule has 0 radical (unpaired) electrons. The molecule has 0 spiro atoms. The average molecular weight is 463 g/mol. The largest absolute Gasteiger partial charge is 0.455 e. The highest BCUT2D eigenvalue weighted by atomic mass is 32.1. The summed E-state index contributed by atoms with van der Waals surface area (Å²) in [7, 11) is 1.64. The summed E-state index contributed by atoms with van der Waals surface area (Å²) in [5.41, 5.74) is 3.44. The van der Waals surface area contributed by atoms with Crippen LogP contribution in [0.1, 0.15) is 22.6 Å². The van der Waals surface area contributed by atoms with E-state index in [0.29, 0.717) is 23.8 Å². The lowest BCUT2D eigenvalue weighted by Crippen LogP contribution is -2.15. The van der Waals surface area contributed by atoms with Gasteiger partial charge in [0.25, 0.3) is 5.56 Å². The van der Waals surface area contributed by atoms with E-state index in [2.05, 4.69) is 9.55 Å². The molecule has 33 heavy (non-hydrogen) atoms. The number of aryl methyl sites for hydroxylation is 1. The summed E-state index contributed by atoms with van der Waals surface area (Å²) < 4.78 is 15.0. The van der Waals surface area contributed by atoms with Crippen LogP contribution in [0.2, 0.25) is 0 Å². The third-order valence-corrected chi connectivity index (χ3v) is 6.39. The Hall–Kier alpha value is -3.74. The van der Waals surface area contributed by atoms with Gasteiger partial charge in [-0.2, -0.15) is 5.26 Å². The van der Waals surface area contributed by atoms with Crippen molar-refractivity contribution < 1.29 is 14.3 Å². The second kappa shape index (κ2) is 9.40. The number of esters is 1. The molecule has 0 bridgehead atoms. The number of fused-ring (bicyclic) bond motifs is 3. The molecule has 4 aromatic rings. The van der Waals surface area contributed by atoms with Crippen molar-refractivity contribution in [2.45, 2.75) is 27.0 Å². The molecule has 0 saturated carbocycles. The first-order chi connectivity index (χ1) is 15.9. The van der Waals surface area contributed by atoms with Crippen LogP contribution in [0.25, 0.3) is 21.3 Å². The fourth-order valence-corrected chi connectivity index (χ4v) is 4.76. The van der Waals surface area contributed by atoms with Crippen LogP contribution in [0, 0.1) is 25.2 Å². The average Bonchev–Trinajstić information content (AvgIpc) is 3.31. The number of nitrogens with zero attached hydrogens (tertiary/aromatic N) is 4. The minimum Gasteiger partial charge on any atom is -0.455 e. The van der Waals surface area contributed by atoms with Crippen molar-refractivity contribution in [2.24, 2.45) is 0 Å². The highest BCUT2D eigenvalue weighted by Gasteiger charge is 2.16. The molecule has 0 unspecified atom stereocenters. The molecule has 9 heteroatoms. The van der Waals surface area contributed by atoms with Gasteiger partial charge in [0.15, 0.2) is 4.96 Å². The quantitative estimate of drug-likeness (QED) is 0.236. The van der Waals surface area contributed by atoms with Crippen LogP contribution in [0.3, 0.4) is 0 Å². The summed E-state index contributed by atoms with van der Waals surface area (Å²) >= 11 is 1.38. The fourth-order valence-electron chi connectivity index (χ4n) is 3.71. The van der Waals surface area contributed by atoms with Crippen LogP contribution in [0.4, 0.5) is 0 Å². The van der Waals surface area contributed by atoms with Gasteiger partial charge < -0.3 is 14.0 Å². The van der Waals surface area contributed by atoms with Gasteiger partial charge in [0.2, 0.25) is 0 Å². The SMILES string of the molecule is COCCn1c(C)cc(/C=C(\C#N)C(=O)OCc2cc(=O)n3c(n2)sc2ccccc23)c1C. The Morgan fingerprint density at radius 2 is 2.06 bits per heavy atom. The zero-order chi connectivity index (χ0) is 23.5. The Kier molecular flexibility index (Phi) is 6.40. The van der Waals surface area contributed by atoms with Gasteiger partial charge in [0.05, 0.1) is 22.5 Å². The van der Waals surface area contributed by atoms with Crippen molar-refractivity contribution in [2.75, 3.05) is 13.7 Å². The Bertz CT molecular complexity index is 1490. The lowest BCUT2D eigenvalue weighted by Gasteiger charge is -2.08. The summed E-state index contributed by atoms with van der Waals surface area (Å²) in [6.45, 7) is 4.91. The summed E-state index contributed by atoms with van der Waals surface area (Å²) in [6, 6.07) is 12.7. The van der Waals surface area contributed by atoms with Gasteiger partial charge in [-0.05, 0) is 43.7 Å². The van der Waals surface area contributed by atoms with Gasteiger partial charge in [0.1, 0.15) is 18.2 Å². The number of aromatic nitrogens is 3. The van der Waals surface area contributed by atoms with E-state index in [-0.39, 0.29) is 17.7 Å². The third-order valence-electron chi connectivity index (χ3n) is 5.37. The van der Waals surface area contributed by atoms with Gasteiger partial charge in [-0.15, -0.1) is 0 Å². The van der Waals surface area contributed by atoms with E-state index in [0.717, 1.165) is 27.2 Å². The predicted molar refractivity (Wildman–Crippen MR) is 126 cm³/mol. The number of para-hydroxylation sites is 1. The summed E-state index contributed by atoms with van der Waals surface area (Å²) in [6.07, 6.45) is 1.52. The minimum absolute atomic E-state index is 0.123. The maximum Gasteiger partial charge on any atom is 0.349 e. The van der Waals surface area contributed by atoms with E-state index in [9.17, 15) is 14.9 Å². The Morgan fingerprint density at radius 1 is 1.27 bits per heavy atom. The third kappa shape index (κ3) is 4.44.